The van der Waals surface area contributed by atoms with E-state index >= 15 is 0 Å². The predicted octanol–water partition coefficient (Wildman–Crippen LogP) is 2.61. The van der Waals surface area contributed by atoms with Gasteiger partial charge < -0.3 is 4.74 Å². The molecule has 0 saturated carbocycles. The first-order valence-electron chi connectivity index (χ1n) is 7.32. The Kier molecular flexibility index (Phi) is 4.97. The first-order chi connectivity index (χ1) is 9.17. The molecule has 0 aromatic heterocycles. The highest BCUT2D eigenvalue weighted by molar-refractivity contribution is 5.39. The Morgan fingerprint density at radius 2 is 2.11 bits per heavy atom. The summed E-state index contributed by atoms with van der Waals surface area (Å²) in [4.78, 5) is 0. The molecular weight excluding hydrogens is 236 g/mol. The number of fused-ring (bicyclic) bond motifs is 1. The number of hydrogen-bond acceptors (Lipinski definition) is 3. The van der Waals surface area contributed by atoms with Crippen molar-refractivity contribution in [1.29, 1.82) is 0 Å². The Hall–Kier alpha value is -0.900. The predicted molar refractivity (Wildman–Crippen MR) is 78.9 cm³/mol. The van der Waals surface area contributed by atoms with E-state index in [9.17, 15) is 0 Å². The minimum Gasteiger partial charge on any atom is -0.377 e. The van der Waals surface area contributed by atoms with Gasteiger partial charge in [-0.1, -0.05) is 38.1 Å². The smallest absolute Gasteiger partial charge is 0.0764 e. The van der Waals surface area contributed by atoms with E-state index in [0.717, 1.165) is 13.0 Å². The highest BCUT2D eigenvalue weighted by Gasteiger charge is 2.32. The van der Waals surface area contributed by atoms with Gasteiger partial charge in [-0.25, -0.2) is 0 Å². The van der Waals surface area contributed by atoms with Crippen LogP contribution in [0.15, 0.2) is 24.3 Å². The van der Waals surface area contributed by atoms with E-state index in [-0.39, 0.29) is 12.1 Å². The fraction of sp³-hybridized carbons (Fsp3) is 0.625. The molecular formula is C16H26N2O. The Morgan fingerprint density at radius 3 is 2.68 bits per heavy atom. The second-order valence-electron chi connectivity index (χ2n) is 5.77. The third-order valence-electron chi connectivity index (χ3n) is 4.13. The molecule has 3 nitrogen and oxygen atoms in total. The van der Waals surface area contributed by atoms with Crippen LogP contribution in [-0.2, 0) is 11.2 Å². The molecule has 0 aliphatic heterocycles. The summed E-state index contributed by atoms with van der Waals surface area (Å²) in [6.07, 6.45) is 2.41. The summed E-state index contributed by atoms with van der Waals surface area (Å²) in [7, 11) is 0. The summed E-state index contributed by atoms with van der Waals surface area (Å²) in [5.74, 6) is 6.85. The van der Waals surface area contributed by atoms with E-state index < -0.39 is 0 Å². The molecule has 0 amide bonds. The second-order valence-corrected chi connectivity index (χ2v) is 5.77. The van der Waals surface area contributed by atoms with Crippen LogP contribution in [0, 0.1) is 5.92 Å². The quantitative estimate of drug-likeness (QED) is 0.586. The highest BCUT2D eigenvalue weighted by atomic mass is 16.5. The average Bonchev–Trinajstić information content (AvgIpc) is 2.38. The maximum absolute atomic E-state index is 5.87. The van der Waals surface area contributed by atoms with E-state index in [0.29, 0.717) is 11.8 Å². The first kappa shape index (κ1) is 14.5. The molecule has 0 fully saturated rings. The van der Waals surface area contributed by atoms with Gasteiger partial charge in [-0.3, -0.25) is 11.3 Å². The molecule has 1 aliphatic carbocycles. The maximum Gasteiger partial charge on any atom is 0.0764 e. The molecule has 1 aromatic rings. The molecule has 3 atom stereocenters. The number of rotatable bonds is 7. The first-order valence-corrected chi connectivity index (χ1v) is 7.32. The van der Waals surface area contributed by atoms with Crippen molar-refractivity contribution in [3.63, 3.8) is 0 Å². The molecule has 19 heavy (non-hydrogen) atoms. The third-order valence-corrected chi connectivity index (χ3v) is 4.13. The van der Waals surface area contributed by atoms with Gasteiger partial charge >= 0.3 is 0 Å². The van der Waals surface area contributed by atoms with Crippen molar-refractivity contribution in [2.45, 2.75) is 51.7 Å². The van der Waals surface area contributed by atoms with Gasteiger partial charge in [-0.05, 0) is 42.7 Å². The summed E-state index contributed by atoms with van der Waals surface area (Å²) in [5.41, 5.74) is 5.95. The molecule has 2 rings (SSSR count). The zero-order chi connectivity index (χ0) is 13.8. The standard InChI is InChI=1S/C16H26N2O/c1-4-19-16(11(2)3)15(18-17)10-13-9-12-7-5-6-8-14(12)13/h5-8,11,13,15-16,18H,4,9-10,17H2,1-3H3. The van der Waals surface area contributed by atoms with Gasteiger partial charge in [0.15, 0.2) is 0 Å². The lowest BCUT2D eigenvalue weighted by atomic mass is 9.73. The van der Waals surface area contributed by atoms with Crippen LogP contribution >= 0.6 is 0 Å². The van der Waals surface area contributed by atoms with Crippen LogP contribution in [0.25, 0.3) is 0 Å². The Labute approximate surface area is 116 Å². The molecule has 1 aliphatic rings. The Bertz CT molecular complexity index is 405. The molecule has 3 unspecified atom stereocenters. The largest absolute Gasteiger partial charge is 0.377 e. The summed E-state index contributed by atoms with van der Waals surface area (Å²) < 4.78 is 5.87. The molecule has 3 heteroatoms. The average molecular weight is 262 g/mol. The van der Waals surface area contributed by atoms with E-state index in [1.807, 2.05) is 6.92 Å². The number of hydrazine groups is 1. The van der Waals surface area contributed by atoms with Gasteiger partial charge in [-0.15, -0.1) is 0 Å². The SMILES string of the molecule is CCOC(C(C)C)C(CC1Cc2ccccc21)NN. The van der Waals surface area contributed by atoms with Crippen molar-refractivity contribution in [1.82, 2.24) is 5.43 Å². The zero-order valence-electron chi connectivity index (χ0n) is 12.2. The van der Waals surface area contributed by atoms with Crippen molar-refractivity contribution < 1.29 is 4.74 Å². The highest BCUT2D eigenvalue weighted by Crippen LogP contribution is 2.38. The zero-order valence-corrected chi connectivity index (χ0v) is 12.2. The summed E-state index contributed by atoms with van der Waals surface area (Å²) in [6, 6.07) is 8.92. The lowest BCUT2D eigenvalue weighted by Gasteiger charge is -2.36. The summed E-state index contributed by atoms with van der Waals surface area (Å²) in [6.45, 7) is 7.17. The topological polar surface area (TPSA) is 47.3 Å². The molecule has 1 aromatic carbocycles. The minimum absolute atomic E-state index is 0.183. The Morgan fingerprint density at radius 1 is 1.37 bits per heavy atom. The molecule has 0 saturated heterocycles. The van der Waals surface area contributed by atoms with Gasteiger partial charge in [0, 0.05) is 12.6 Å². The number of benzene rings is 1. The molecule has 3 N–H and O–H groups in total. The minimum atomic E-state index is 0.183. The lowest BCUT2D eigenvalue weighted by Crippen LogP contribution is -2.49. The molecule has 106 valence electrons. The monoisotopic (exact) mass is 262 g/mol. The van der Waals surface area contributed by atoms with Gasteiger partial charge in [0.1, 0.15) is 0 Å². The van der Waals surface area contributed by atoms with Crippen LogP contribution in [0.4, 0.5) is 0 Å². The van der Waals surface area contributed by atoms with E-state index in [1.165, 1.54) is 17.5 Å². The number of nitrogens with two attached hydrogens (primary N) is 1. The molecule has 0 heterocycles. The summed E-state index contributed by atoms with van der Waals surface area (Å²) in [5, 5.41) is 0. The van der Waals surface area contributed by atoms with Crippen LogP contribution in [0.2, 0.25) is 0 Å². The van der Waals surface area contributed by atoms with Gasteiger partial charge in [0.05, 0.1) is 6.10 Å². The van der Waals surface area contributed by atoms with Crippen molar-refractivity contribution >= 4 is 0 Å². The normalized spacial score (nSPS) is 20.8. The molecule has 0 bridgehead atoms. The second kappa shape index (κ2) is 6.51. The third kappa shape index (κ3) is 3.16. The van der Waals surface area contributed by atoms with E-state index in [1.54, 1.807) is 0 Å². The Balaban J connectivity index is 2.00. The van der Waals surface area contributed by atoms with Gasteiger partial charge in [0.25, 0.3) is 0 Å². The summed E-state index contributed by atoms with van der Waals surface area (Å²) >= 11 is 0. The van der Waals surface area contributed by atoms with Crippen LogP contribution in [0.3, 0.4) is 0 Å². The number of nitrogens with one attached hydrogen (secondary N) is 1. The fourth-order valence-electron chi connectivity index (χ4n) is 3.14. The fourth-order valence-corrected chi connectivity index (χ4v) is 3.14. The van der Waals surface area contributed by atoms with Crippen molar-refractivity contribution in [2.75, 3.05) is 6.61 Å². The lowest BCUT2D eigenvalue weighted by molar-refractivity contribution is -0.000743. The van der Waals surface area contributed by atoms with Crippen molar-refractivity contribution in [2.24, 2.45) is 11.8 Å². The van der Waals surface area contributed by atoms with E-state index in [4.69, 9.17) is 10.6 Å². The number of hydrogen-bond donors (Lipinski definition) is 2. The van der Waals surface area contributed by atoms with E-state index in [2.05, 4.69) is 43.5 Å². The molecule has 0 spiro atoms. The van der Waals surface area contributed by atoms with Gasteiger partial charge in [-0.2, -0.15) is 0 Å². The van der Waals surface area contributed by atoms with Crippen molar-refractivity contribution in [3.05, 3.63) is 35.4 Å². The van der Waals surface area contributed by atoms with Gasteiger partial charge in [0.2, 0.25) is 0 Å². The van der Waals surface area contributed by atoms with Crippen LogP contribution in [-0.4, -0.2) is 18.8 Å². The number of ether oxygens (including phenoxy) is 1. The van der Waals surface area contributed by atoms with Crippen LogP contribution < -0.4 is 11.3 Å². The van der Waals surface area contributed by atoms with Crippen LogP contribution in [0.5, 0.6) is 0 Å². The van der Waals surface area contributed by atoms with Crippen molar-refractivity contribution in [3.8, 4) is 0 Å². The molecule has 0 radical (unpaired) electrons. The van der Waals surface area contributed by atoms with Crippen LogP contribution in [0.1, 0.15) is 44.2 Å². The maximum atomic E-state index is 5.87.